The van der Waals surface area contributed by atoms with E-state index >= 15 is 0 Å². The first-order chi connectivity index (χ1) is 11.9. The average molecular weight is 381 g/mol. The number of nitrogens with one attached hydrogen (secondary N) is 1. The number of nitrogens with zero attached hydrogens (tertiary/aromatic N) is 2. The van der Waals surface area contributed by atoms with Crippen LogP contribution in [0.1, 0.15) is 23.5 Å². The van der Waals surface area contributed by atoms with Crippen LogP contribution in [0.4, 0.5) is 5.69 Å². The second kappa shape index (κ2) is 7.11. The molecular formula is C16H19N3O4S2. The van der Waals surface area contributed by atoms with Crippen molar-refractivity contribution in [2.45, 2.75) is 31.2 Å². The molecule has 0 saturated carbocycles. The molecule has 3 rings (SSSR count). The van der Waals surface area contributed by atoms with E-state index in [0.717, 1.165) is 11.4 Å². The van der Waals surface area contributed by atoms with Crippen molar-refractivity contribution in [2.75, 3.05) is 18.6 Å². The Kier molecular flexibility index (Phi) is 5.07. The van der Waals surface area contributed by atoms with E-state index in [1.807, 2.05) is 12.3 Å². The Morgan fingerprint density at radius 3 is 2.80 bits per heavy atom. The van der Waals surface area contributed by atoms with Gasteiger partial charge in [-0.05, 0) is 31.5 Å². The van der Waals surface area contributed by atoms with Crippen LogP contribution < -0.4 is 14.4 Å². The summed E-state index contributed by atoms with van der Waals surface area (Å²) in [5.74, 6) is 0.233. The first-order valence-corrected chi connectivity index (χ1v) is 10.2. The number of anilines is 1. The fourth-order valence-corrected chi connectivity index (χ4v) is 4.50. The monoisotopic (exact) mass is 381 g/mol. The number of sulfonamides is 1. The van der Waals surface area contributed by atoms with E-state index < -0.39 is 10.0 Å². The molecule has 0 spiro atoms. The number of thiazole rings is 1. The molecule has 0 unspecified atom stereocenters. The summed E-state index contributed by atoms with van der Waals surface area (Å²) in [6, 6.07) is 4.75. The number of aromatic nitrogens is 1. The molecule has 1 aliphatic heterocycles. The molecule has 1 aromatic heterocycles. The molecule has 0 aliphatic carbocycles. The zero-order valence-corrected chi connectivity index (χ0v) is 15.6. The number of aryl methyl sites for hydroxylation is 1. The van der Waals surface area contributed by atoms with Crippen molar-refractivity contribution in [1.29, 1.82) is 0 Å². The lowest BCUT2D eigenvalue weighted by atomic mass is 10.3. The molecule has 2 aromatic rings. The van der Waals surface area contributed by atoms with Crippen molar-refractivity contribution in [3.05, 3.63) is 34.3 Å². The minimum absolute atomic E-state index is 0.000535. The summed E-state index contributed by atoms with van der Waals surface area (Å²) >= 11 is 1.46. The summed E-state index contributed by atoms with van der Waals surface area (Å²) in [6.07, 6.45) is 1.25. The van der Waals surface area contributed by atoms with Gasteiger partial charge in [0.1, 0.15) is 10.6 Å². The normalized spacial score (nSPS) is 15.0. The molecule has 0 atom stereocenters. The van der Waals surface area contributed by atoms with E-state index in [9.17, 15) is 13.2 Å². The van der Waals surface area contributed by atoms with Crippen LogP contribution in [0.15, 0.2) is 28.5 Å². The Balaban J connectivity index is 1.88. The van der Waals surface area contributed by atoms with Gasteiger partial charge in [0.2, 0.25) is 15.9 Å². The fourth-order valence-electron chi connectivity index (χ4n) is 2.70. The molecule has 7 nitrogen and oxygen atoms in total. The van der Waals surface area contributed by atoms with Crippen molar-refractivity contribution in [2.24, 2.45) is 0 Å². The number of carbonyl (C=O) groups excluding carboxylic acids is 1. The zero-order valence-electron chi connectivity index (χ0n) is 14.0. The lowest BCUT2D eigenvalue weighted by Crippen LogP contribution is -2.26. The first-order valence-electron chi connectivity index (χ1n) is 7.80. The number of amides is 1. The molecule has 1 aromatic carbocycles. The lowest BCUT2D eigenvalue weighted by molar-refractivity contribution is -0.117. The SMILES string of the molecule is COc1ccc(N2CCCC2=O)cc1S(=O)(=O)NCc1csc(C)n1. The molecular weight excluding hydrogens is 362 g/mol. The van der Waals surface area contributed by atoms with Gasteiger partial charge in [0.15, 0.2) is 0 Å². The highest BCUT2D eigenvalue weighted by molar-refractivity contribution is 7.89. The third kappa shape index (κ3) is 3.83. The maximum atomic E-state index is 12.7. The van der Waals surface area contributed by atoms with E-state index in [4.69, 9.17) is 4.74 Å². The van der Waals surface area contributed by atoms with E-state index in [-0.39, 0.29) is 23.1 Å². The third-order valence-corrected chi connectivity index (χ3v) is 6.18. The van der Waals surface area contributed by atoms with E-state index in [2.05, 4.69) is 9.71 Å². The minimum Gasteiger partial charge on any atom is -0.495 e. The summed E-state index contributed by atoms with van der Waals surface area (Å²) in [5, 5.41) is 2.69. The second-order valence-electron chi connectivity index (χ2n) is 5.67. The molecule has 0 bridgehead atoms. The van der Waals surface area contributed by atoms with Gasteiger partial charge in [-0.1, -0.05) is 0 Å². The number of ether oxygens (including phenoxy) is 1. The third-order valence-electron chi connectivity index (χ3n) is 3.93. The maximum absolute atomic E-state index is 12.7. The molecule has 0 radical (unpaired) electrons. The van der Waals surface area contributed by atoms with E-state index in [0.29, 0.717) is 24.3 Å². The maximum Gasteiger partial charge on any atom is 0.244 e. The second-order valence-corrected chi connectivity index (χ2v) is 8.46. The number of hydrogen-bond acceptors (Lipinski definition) is 6. The van der Waals surface area contributed by atoms with Crippen molar-refractivity contribution >= 4 is 33.0 Å². The van der Waals surface area contributed by atoms with Crippen LogP contribution in [-0.2, 0) is 21.4 Å². The lowest BCUT2D eigenvalue weighted by Gasteiger charge is -2.18. The average Bonchev–Trinajstić information content (AvgIpc) is 3.20. The summed E-state index contributed by atoms with van der Waals surface area (Å²) in [4.78, 5) is 17.8. The van der Waals surface area contributed by atoms with Gasteiger partial charge >= 0.3 is 0 Å². The minimum atomic E-state index is -3.81. The van der Waals surface area contributed by atoms with Crippen LogP contribution in [0.5, 0.6) is 5.75 Å². The first kappa shape index (κ1) is 17.8. The van der Waals surface area contributed by atoms with Gasteiger partial charge in [0.25, 0.3) is 0 Å². The molecule has 1 fully saturated rings. The van der Waals surface area contributed by atoms with Crippen LogP contribution >= 0.6 is 11.3 Å². The molecule has 25 heavy (non-hydrogen) atoms. The van der Waals surface area contributed by atoms with Gasteiger partial charge in [-0.3, -0.25) is 4.79 Å². The Bertz CT molecular complexity index is 893. The quantitative estimate of drug-likeness (QED) is 0.827. The summed E-state index contributed by atoms with van der Waals surface area (Å²) in [7, 11) is -2.39. The van der Waals surface area contributed by atoms with Crippen LogP contribution in [0.2, 0.25) is 0 Å². The Morgan fingerprint density at radius 1 is 1.40 bits per heavy atom. The Hall–Kier alpha value is -1.97. The highest BCUT2D eigenvalue weighted by Gasteiger charge is 2.26. The Morgan fingerprint density at radius 2 is 2.20 bits per heavy atom. The Labute approximate surface area is 150 Å². The van der Waals surface area contributed by atoms with Crippen LogP contribution in [0, 0.1) is 6.92 Å². The molecule has 1 saturated heterocycles. The van der Waals surface area contributed by atoms with Crippen molar-refractivity contribution < 1.29 is 17.9 Å². The molecule has 1 N–H and O–H groups in total. The van der Waals surface area contributed by atoms with Gasteiger partial charge in [-0.2, -0.15) is 0 Å². The zero-order chi connectivity index (χ0) is 18.0. The van der Waals surface area contributed by atoms with Crippen molar-refractivity contribution in [1.82, 2.24) is 9.71 Å². The van der Waals surface area contributed by atoms with Crippen LogP contribution in [-0.4, -0.2) is 33.0 Å². The molecule has 1 amide bonds. The molecule has 2 heterocycles. The highest BCUT2D eigenvalue weighted by atomic mass is 32.2. The standard InChI is InChI=1S/C16H19N3O4S2/c1-11-18-12(10-24-11)9-17-25(21,22)15-8-13(5-6-14(15)23-2)19-7-3-4-16(19)20/h5-6,8,10,17H,3-4,7,9H2,1-2H3. The molecule has 9 heteroatoms. The largest absolute Gasteiger partial charge is 0.495 e. The number of methoxy groups -OCH3 is 1. The number of carbonyl (C=O) groups is 1. The number of hydrogen-bond donors (Lipinski definition) is 1. The van der Waals surface area contributed by atoms with Crippen molar-refractivity contribution in [3.63, 3.8) is 0 Å². The van der Waals surface area contributed by atoms with Crippen LogP contribution in [0.3, 0.4) is 0 Å². The molecule has 1 aliphatic rings. The predicted molar refractivity (Wildman–Crippen MR) is 95.5 cm³/mol. The smallest absolute Gasteiger partial charge is 0.244 e. The van der Waals surface area contributed by atoms with Gasteiger partial charge in [0.05, 0.1) is 24.4 Å². The van der Waals surface area contributed by atoms with E-state index in [1.54, 1.807) is 17.0 Å². The van der Waals surface area contributed by atoms with Gasteiger partial charge in [-0.25, -0.2) is 18.1 Å². The summed E-state index contributed by atoms with van der Waals surface area (Å²) < 4.78 is 33.2. The van der Waals surface area contributed by atoms with Crippen LogP contribution in [0.25, 0.3) is 0 Å². The molecule has 134 valence electrons. The predicted octanol–water partition coefficient (Wildman–Crippen LogP) is 2.07. The summed E-state index contributed by atoms with van der Waals surface area (Å²) in [6.45, 7) is 2.56. The van der Waals surface area contributed by atoms with E-state index in [1.165, 1.54) is 24.5 Å². The topological polar surface area (TPSA) is 88.6 Å². The highest BCUT2D eigenvalue weighted by Crippen LogP contribution is 2.31. The number of rotatable bonds is 6. The number of benzene rings is 1. The fraction of sp³-hybridized carbons (Fsp3) is 0.375. The van der Waals surface area contributed by atoms with Gasteiger partial charge in [-0.15, -0.1) is 11.3 Å². The summed E-state index contributed by atoms with van der Waals surface area (Å²) in [5.41, 5.74) is 1.23. The van der Waals surface area contributed by atoms with Crippen molar-refractivity contribution in [3.8, 4) is 5.75 Å². The van der Waals surface area contributed by atoms with Gasteiger partial charge in [0, 0.05) is 24.0 Å². The van der Waals surface area contributed by atoms with Gasteiger partial charge < -0.3 is 9.64 Å².